The number of furan rings is 1. The van der Waals surface area contributed by atoms with E-state index in [2.05, 4.69) is 13.8 Å². The van der Waals surface area contributed by atoms with Crippen LogP contribution in [0, 0.1) is 28.1 Å². The van der Waals surface area contributed by atoms with Gasteiger partial charge in [0.25, 0.3) is 0 Å². The molecule has 1 aromatic heterocycles. The summed E-state index contributed by atoms with van der Waals surface area (Å²) in [5.41, 5.74) is -6.75. The Labute approximate surface area is 187 Å². The lowest BCUT2D eigenvalue weighted by Gasteiger charge is -2.76. The first kappa shape index (κ1) is 20.0. The lowest BCUT2D eigenvalue weighted by Crippen LogP contribution is -2.93. The molecule has 2 aliphatic heterocycles. The van der Waals surface area contributed by atoms with Gasteiger partial charge in [0.15, 0.2) is 5.60 Å². The number of carbonyl (C=O) groups is 1. The van der Waals surface area contributed by atoms with Crippen LogP contribution in [0.3, 0.4) is 0 Å². The van der Waals surface area contributed by atoms with Gasteiger partial charge in [0, 0.05) is 27.7 Å². The SMILES string of the molecule is CC[C@H]1[C@@]2(C)C[C@@]3(O)[C@]1(C)[C@H]1CC[C@@]4(C)[C@@H](c5ccoc5)OC(=O)C[C@@]45O[C@@]3([C@H]2O)[C@@]15O. The highest BCUT2D eigenvalue weighted by atomic mass is 16.6. The third kappa shape index (κ3) is 1.38. The molecule has 3 N–H and O–H groups in total. The summed E-state index contributed by atoms with van der Waals surface area (Å²) in [7, 11) is 0. The zero-order valence-corrected chi connectivity index (χ0v) is 19.1. The minimum Gasteiger partial charge on any atom is -0.472 e. The third-order valence-corrected chi connectivity index (χ3v) is 11.8. The van der Waals surface area contributed by atoms with E-state index in [4.69, 9.17) is 13.9 Å². The van der Waals surface area contributed by atoms with E-state index in [-0.39, 0.29) is 18.3 Å². The standard InChI is InChI=1S/C25H32O7/c1-5-14-19(2)12-22(28)21(14,4)15-6-8-20(3)17(13-7-9-30-11-13)31-16(26)10-23(20)24(15,29)25(22,32-23)18(19)27/h7,9,11,14-15,17-18,27-29H,5-6,8,10,12H2,1-4H3/t14-,15+,17+,18-,19+,20-,21-,22+,23+,24+,25+/m0/s1. The maximum atomic E-state index is 13.0. The molecular weight excluding hydrogens is 412 g/mol. The number of fused-ring (bicyclic) bond motifs is 2. The van der Waals surface area contributed by atoms with Crippen molar-refractivity contribution < 1.29 is 34.0 Å². The molecule has 7 rings (SSSR count). The van der Waals surface area contributed by atoms with Gasteiger partial charge in [-0.2, -0.15) is 0 Å². The lowest BCUT2D eigenvalue weighted by atomic mass is 9.43. The quantitative estimate of drug-likeness (QED) is 0.601. The summed E-state index contributed by atoms with van der Waals surface area (Å²) in [6.45, 7) is 8.25. The molecule has 0 unspecified atom stereocenters. The van der Waals surface area contributed by atoms with Crippen LogP contribution in [0.2, 0.25) is 0 Å². The molecule has 4 aliphatic carbocycles. The molecule has 174 valence electrons. The molecule has 0 radical (unpaired) electrons. The van der Waals surface area contributed by atoms with Gasteiger partial charge < -0.3 is 29.2 Å². The summed E-state index contributed by atoms with van der Waals surface area (Å²) in [6, 6.07) is 1.79. The number of esters is 1. The fourth-order valence-electron chi connectivity index (χ4n) is 10.9. The van der Waals surface area contributed by atoms with Gasteiger partial charge in [-0.1, -0.05) is 34.1 Å². The van der Waals surface area contributed by atoms with E-state index < -0.39 is 56.8 Å². The van der Waals surface area contributed by atoms with Crippen LogP contribution in [0.25, 0.3) is 0 Å². The molecule has 11 atom stereocenters. The second-order valence-electron chi connectivity index (χ2n) is 12.2. The van der Waals surface area contributed by atoms with E-state index in [0.717, 1.165) is 12.0 Å². The summed E-state index contributed by atoms with van der Waals surface area (Å²) >= 11 is 0. The van der Waals surface area contributed by atoms with Crippen molar-refractivity contribution in [3.63, 3.8) is 0 Å². The first-order chi connectivity index (χ1) is 14.9. The first-order valence-corrected chi connectivity index (χ1v) is 12.0. The third-order valence-electron chi connectivity index (χ3n) is 11.8. The van der Waals surface area contributed by atoms with Crippen LogP contribution in [-0.2, 0) is 14.3 Å². The van der Waals surface area contributed by atoms with Crippen LogP contribution >= 0.6 is 0 Å². The van der Waals surface area contributed by atoms with E-state index in [9.17, 15) is 20.1 Å². The number of aliphatic hydroxyl groups excluding tert-OH is 1. The fraction of sp³-hybridized carbons (Fsp3) is 0.800. The minimum absolute atomic E-state index is 0.0467. The molecule has 1 aromatic rings. The molecule has 32 heavy (non-hydrogen) atoms. The molecule has 0 amide bonds. The van der Waals surface area contributed by atoms with Crippen LogP contribution in [0.5, 0.6) is 0 Å². The summed E-state index contributed by atoms with van der Waals surface area (Å²) in [5.74, 6) is -0.664. The predicted molar refractivity (Wildman–Crippen MR) is 110 cm³/mol. The van der Waals surface area contributed by atoms with Crippen molar-refractivity contribution in [3.8, 4) is 0 Å². The number of rotatable bonds is 2. The van der Waals surface area contributed by atoms with E-state index in [1.165, 1.54) is 0 Å². The van der Waals surface area contributed by atoms with E-state index in [1.54, 1.807) is 18.6 Å². The average Bonchev–Trinajstić information content (AvgIpc) is 3.37. The van der Waals surface area contributed by atoms with Crippen LogP contribution < -0.4 is 0 Å². The molecule has 6 aliphatic rings. The molecule has 7 heteroatoms. The highest BCUT2D eigenvalue weighted by Crippen LogP contribution is 2.91. The summed E-state index contributed by atoms with van der Waals surface area (Å²) < 4.78 is 18.0. The highest BCUT2D eigenvalue weighted by Gasteiger charge is 3.04. The summed E-state index contributed by atoms with van der Waals surface area (Å²) in [4.78, 5) is 13.0. The highest BCUT2D eigenvalue weighted by molar-refractivity contribution is 5.75. The molecule has 7 nitrogen and oxygen atoms in total. The second-order valence-corrected chi connectivity index (χ2v) is 12.2. The molecule has 6 fully saturated rings. The molecule has 2 bridgehead atoms. The van der Waals surface area contributed by atoms with E-state index in [0.29, 0.717) is 19.3 Å². The van der Waals surface area contributed by atoms with Gasteiger partial charge in [-0.15, -0.1) is 0 Å². The van der Waals surface area contributed by atoms with Gasteiger partial charge in [0.05, 0.1) is 25.1 Å². The largest absolute Gasteiger partial charge is 0.472 e. The van der Waals surface area contributed by atoms with Crippen molar-refractivity contribution in [1.82, 2.24) is 0 Å². The zero-order chi connectivity index (χ0) is 22.7. The Balaban J connectivity index is 1.49. The molecule has 2 saturated heterocycles. The molecular formula is C25H32O7. The maximum Gasteiger partial charge on any atom is 0.309 e. The number of aliphatic hydroxyl groups is 3. The van der Waals surface area contributed by atoms with Crippen LogP contribution in [0.15, 0.2) is 23.0 Å². The number of hydrogen-bond acceptors (Lipinski definition) is 7. The summed E-state index contributed by atoms with van der Waals surface area (Å²) in [6.07, 6.45) is 3.96. The van der Waals surface area contributed by atoms with E-state index in [1.807, 2.05) is 13.8 Å². The van der Waals surface area contributed by atoms with Crippen molar-refractivity contribution >= 4 is 5.97 Å². The van der Waals surface area contributed by atoms with Gasteiger partial charge in [0.2, 0.25) is 0 Å². The normalized spacial score (nSPS) is 63.5. The number of hydrogen-bond donors (Lipinski definition) is 3. The molecule has 2 spiro atoms. The second kappa shape index (κ2) is 4.99. The Morgan fingerprint density at radius 3 is 2.62 bits per heavy atom. The van der Waals surface area contributed by atoms with E-state index >= 15 is 0 Å². The van der Waals surface area contributed by atoms with Crippen LogP contribution in [0.4, 0.5) is 0 Å². The monoisotopic (exact) mass is 444 g/mol. The maximum absolute atomic E-state index is 13.0. The van der Waals surface area contributed by atoms with Crippen LogP contribution in [0.1, 0.15) is 71.5 Å². The Morgan fingerprint density at radius 2 is 1.97 bits per heavy atom. The Hall–Kier alpha value is -1.41. The van der Waals surface area contributed by atoms with Gasteiger partial charge in [-0.05, 0) is 31.2 Å². The number of carbonyl (C=O) groups excluding carboxylic acids is 1. The Bertz CT molecular complexity index is 1050. The van der Waals surface area contributed by atoms with Crippen molar-refractivity contribution in [2.24, 2.45) is 28.1 Å². The number of cyclic esters (lactones) is 1. The lowest BCUT2D eigenvalue weighted by molar-refractivity contribution is -0.489. The average molecular weight is 445 g/mol. The Morgan fingerprint density at radius 1 is 1.22 bits per heavy atom. The zero-order valence-electron chi connectivity index (χ0n) is 19.1. The topological polar surface area (TPSA) is 109 Å². The smallest absolute Gasteiger partial charge is 0.309 e. The molecule has 0 aromatic carbocycles. The van der Waals surface area contributed by atoms with Gasteiger partial charge >= 0.3 is 5.97 Å². The summed E-state index contributed by atoms with van der Waals surface area (Å²) in [5, 5.41) is 36.9. The van der Waals surface area contributed by atoms with Gasteiger partial charge in [-0.25, -0.2) is 0 Å². The Kier molecular flexibility index (Phi) is 3.12. The minimum atomic E-state index is -1.53. The van der Waals surface area contributed by atoms with Crippen molar-refractivity contribution in [2.45, 2.75) is 94.4 Å². The molecule has 3 heterocycles. The molecule has 4 saturated carbocycles. The van der Waals surface area contributed by atoms with Crippen molar-refractivity contribution in [3.05, 3.63) is 24.2 Å². The van der Waals surface area contributed by atoms with Gasteiger partial charge in [0.1, 0.15) is 22.9 Å². The van der Waals surface area contributed by atoms with Gasteiger partial charge in [-0.3, -0.25) is 4.79 Å². The predicted octanol–water partition coefficient (Wildman–Crippen LogP) is 2.48. The van der Waals surface area contributed by atoms with Crippen LogP contribution in [-0.4, -0.2) is 49.8 Å². The first-order valence-electron chi connectivity index (χ1n) is 12.0. The fourth-order valence-corrected chi connectivity index (χ4v) is 10.9. The van der Waals surface area contributed by atoms with Crippen molar-refractivity contribution in [1.29, 1.82) is 0 Å². The number of ether oxygens (including phenoxy) is 2. The van der Waals surface area contributed by atoms with Crippen molar-refractivity contribution in [2.75, 3.05) is 0 Å².